The fourth-order valence-corrected chi connectivity index (χ4v) is 5.05. The second-order valence-electron chi connectivity index (χ2n) is 7.95. The highest BCUT2D eigenvalue weighted by molar-refractivity contribution is 8.00. The third-order valence-corrected chi connectivity index (χ3v) is 7.13. The predicted molar refractivity (Wildman–Crippen MR) is 150 cm³/mol. The number of anilines is 1. The van der Waals surface area contributed by atoms with E-state index in [1.807, 2.05) is 43.6 Å². The van der Waals surface area contributed by atoms with Crippen molar-refractivity contribution in [3.63, 3.8) is 0 Å². The highest BCUT2D eigenvalue weighted by atomic mass is 32.2. The van der Waals surface area contributed by atoms with Crippen LogP contribution >= 0.6 is 23.3 Å². The lowest BCUT2D eigenvalue weighted by molar-refractivity contribution is 0.110. The van der Waals surface area contributed by atoms with E-state index in [4.69, 9.17) is 4.74 Å². The summed E-state index contributed by atoms with van der Waals surface area (Å²) in [6, 6.07) is 20.1. The van der Waals surface area contributed by atoms with Crippen LogP contribution in [0.25, 0.3) is 10.2 Å². The molecule has 0 bridgehead atoms. The second-order valence-corrected chi connectivity index (χ2v) is 9.68. The Hall–Kier alpha value is -2.94. The lowest BCUT2D eigenvalue weighted by Crippen LogP contribution is -2.35. The second kappa shape index (κ2) is 14.6. The number of hydrogen-bond acceptors (Lipinski definition) is 7. The Morgan fingerprint density at radius 1 is 1.06 bits per heavy atom. The quantitative estimate of drug-likeness (QED) is 0.207. The molecule has 1 aliphatic rings. The van der Waals surface area contributed by atoms with Gasteiger partial charge in [-0.3, -0.25) is 4.79 Å². The van der Waals surface area contributed by atoms with Crippen LogP contribution in [0.4, 0.5) is 10.1 Å². The van der Waals surface area contributed by atoms with Crippen LogP contribution < -0.4 is 9.46 Å². The number of nitrogens with zero attached hydrogens (tertiary/aromatic N) is 2. The van der Waals surface area contributed by atoms with Crippen molar-refractivity contribution in [2.75, 3.05) is 24.9 Å². The molecule has 0 saturated carbocycles. The number of carbonyl (C=O) groups excluding carboxylic acids is 1. The van der Waals surface area contributed by atoms with E-state index in [9.17, 15) is 9.18 Å². The Labute approximate surface area is 220 Å². The minimum absolute atomic E-state index is 0.165. The Morgan fingerprint density at radius 3 is 2.47 bits per heavy atom. The molecule has 0 radical (unpaired) electrons. The molecule has 0 spiro atoms. The molecule has 1 fully saturated rings. The maximum atomic E-state index is 13.3. The van der Waals surface area contributed by atoms with Gasteiger partial charge in [0, 0.05) is 24.3 Å². The van der Waals surface area contributed by atoms with Crippen molar-refractivity contribution in [3.8, 4) is 5.75 Å². The van der Waals surface area contributed by atoms with E-state index in [0.29, 0.717) is 11.3 Å². The first-order chi connectivity index (χ1) is 17.6. The summed E-state index contributed by atoms with van der Waals surface area (Å²) < 4.78 is 23.4. The number of fused-ring (bicyclic) bond motifs is 1. The number of para-hydroxylation sites is 2. The number of nitrogens with one attached hydrogen (secondary N) is 1. The first-order valence-electron chi connectivity index (χ1n) is 12.0. The highest BCUT2D eigenvalue weighted by Gasteiger charge is 2.18. The van der Waals surface area contributed by atoms with E-state index in [0.717, 1.165) is 48.3 Å². The summed E-state index contributed by atoms with van der Waals surface area (Å²) in [5.41, 5.74) is 4.52. The van der Waals surface area contributed by atoms with Crippen LogP contribution in [0.5, 0.6) is 5.75 Å². The van der Waals surface area contributed by atoms with E-state index in [1.165, 1.54) is 22.7 Å². The summed E-state index contributed by atoms with van der Waals surface area (Å²) in [5.74, 6) is 0.114. The lowest BCUT2D eigenvalue weighted by atomic mass is 10.1. The molecule has 5 rings (SSSR count). The maximum Gasteiger partial charge on any atom is 0.165 e. The van der Waals surface area contributed by atoms with Gasteiger partial charge in [-0.25, -0.2) is 9.37 Å². The Kier molecular flexibility index (Phi) is 11.2. The number of carbonyl (C=O) groups is 1. The zero-order valence-electron chi connectivity index (χ0n) is 20.8. The monoisotopic (exact) mass is 525 g/mol. The molecule has 0 amide bonds. The van der Waals surface area contributed by atoms with Gasteiger partial charge in [-0.2, -0.15) is 0 Å². The molecule has 2 heterocycles. The molecule has 3 aromatic carbocycles. The standard InChI is InChI=1S/C14H10N2OS2.C12H16FNO.C2H6/c17-8-10-4-6-11(7-5-10)16-19-13-3-1-2-12-14(13)15-9-18-12;1-14-8-6-10(7-9-14)15-12-5-3-2-4-11(12)13;1-2/h1-9,16H;2-5,10H,6-9H2,1H3;1-2H3. The molecule has 1 saturated heterocycles. The van der Waals surface area contributed by atoms with Crippen LogP contribution in [0.15, 0.2) is 77.1 Å². The van der Waals surface area contributed by atoms with Crippen LogP contribution in [0.1, 0.15) is 37.0 Å². The average Bonchev–Trinajstić information content (AvgIpc) is 3.42. The molecule has 0 unspecified atom stereocenters. The smallest absolute Gasteiger partial charge is 0.165 e. The van der Waals surface area contributed by atoms with E-state index < -0.39 is 0 Å². The number of likely N-dealkylation sites (tertiary alicyclic amines) is 1. The third kappa shape index (κ3) is 8.05. The topological polar surface area (TPSA) is 54.5 Å². The summed E-state index contributed by atoms with van der Waals surface area (Å²) in [5, 5.41) is 0. The number of aromatic nitrogens is 1. The first-order valence-corrected chi connectivity index (χ1v) is 13.7. The van der Waals surface area contributed by atoms with Crippen molar-refractivity contribution in [1.29, 1.82) is 0 Å². The van der Waals surface area contributed by atoms with Gasteiger partial charge in [0.2, 0.25) is 0 Å². The highest BCUT2D eigenvalue weighted by Crippen LogP contribution is 2.29. The van der Waals surface area contributed by atoms with Gasteiger partial charge >= 0.3 is 0 Å². The fraction of sp³-hybridized carbons (Fsp3) is 0.286. The molecule has 190 valence electrons. The zero-order valence-corrected chi connectivity index (χ0v) is 22.4. The van der Waals surface area contributed by atoms with Crippen molar-refractivity contribution in [1.82, 2.24) is 9.88 Å². The van der Waals surface area contributed by atoms with Crippen LogP contribution in [0, 0.1) is 5.82 Å². The van der Waals surface area contributed by atoms with E-state index in [1.54, 1.807) is 41.7 Å². The maximum absolute atomic E-state index is 13.3. The summed E-state index contributed by atoms with van der Waals surface area (Å²) in [6.07, 6.45) is 2.96. The molecule has 5 nitrogen and oxygen atoms in total. The van der Waals surface area contributed by atoms with Crippen molar-refractivity contribution in [3.05, 3.63) is 83.6 Å². The molecule has 36 heavy (non-hydrogen) atoms. The predicted octanol–water partition coefficient (Wildman–Crippen LogP) is 7.55. The van der Waals surface area contributed by atoms with Gasteiger partial charge in [-0.05, 0) is 80.4 Å². The Morgan fingerprint density at radius 2 is 1.78 bits per heavy atom. The number of hydrogen-bond donors (Lipinski definition) is 1. The summed E-state index contributed by atoms with van der Waals surface area (Å²) in [6.45, 7) is 6.05. The SMILES string of the molecule is CC.CN1CCC(Oc2ccccc2F)CC1.O=Cc1ccc(NSc2cccc3scnc23)cc1. The largest absolute Gasteiger partial charge is 0.487 e. The molecular weight excluding hydrogens is 493 g/mol. The number of halogens is 1. The normalized spacial score (nSPS) is 13.7. The van der Waals surface area contributed by atoms with E-state index in [2.05, 4.69) is 27.7 Å². The number of thiazole rings is 1. The van der Waals surface area contributed by atoms with Crippen molar-refractivity contribution in [2.45, 2.75) is 37.7 Å². The van der Waals surface area contributed by atoms with Crippen LogP contribution in [-0.4, -0.2) is 42.4 Å². The molecule has 1 aromatic heterocycles. The van der Waals surface area contributed by atoms with Gasteiger partial charge in [0.25, 0.3) is 0 Å². The number of piperidine rings is 1. The van der Waals surface area contributed by atoms with Gasteiger partial charge in [0.1, 0.15) is 12.4 Å². The summed E-state index contributed by atoms with van der Waals surface area (Å²) in [7, 11) is 2.10. The molecule has 1 N–H and O–H groups in total. The molecule has 8 heteroatoms. The minimum Gasteiger partial charge on any atom is -0.487 e. The van der Waals surface area contributed by atoms with Crippen molar-refractivity contribution in [2.24, 2.45) is 0 Å². The Balaban J connectivity index is 0.000000193. The van der Waals surface area contributed by atoms with Gasteiger partial charge in [0.15, 0.2) is 11.6 Å². The minimum atomic E-state index is -0.267. The van der Waals surface area contributed by atoms with Crippen LogP contribution in [-0.2, 0) is 0 Å². The number of aldehydes is 1. The molecule has 4 aromatic rings. The first kappa shape index (κ1) is 27.6. The van der Waals surface area contributed by atoms with Crippen LogP contribution in [0.2, 0.25) is 0 Å². The fourth-order valence-electron chi connectivity index (χ4n) is 3.51. The molecular formula is C28H32FN3O2S2. The van der Waals surface area contributed by atoms with Crippen LogP contribution in [0.3, 0.4) is 0 Å². The van der Waals surface area contributed by atoms with Gasteiger partial charge < -0.3 is 14.4 Å². The van der Waals surface area contributed by atoms with Gasteiger partial charge in [-0.1, -0.05) is 32.0 Å². The van der Waals surface area contributed by atoms with Gasteiger partial charge in [-0.15, -0.1) is 11.3 Å². The third-order valence-electron chi connectivity index (χ3n) is 5.44. The van der Waals surface area contributed by atoms with E-state index in [-0.39, 0.29) is 11.9 Å². The summed E-state index contributed by atoms with van der Waals surface area (Å²) in [4.78, 5) is 18.3. The Bertz CT molecular complexity index is 1210. The lowest BCUT2D eigenvalue weighted by Gasteiger charge is -2.29. The van der Waals surface area contributed by atoms with Crippen molar-refractivity contribution >= 4 is 45.5 Å². The number of benzene rings is 3. The zero-order chi connectivity index (χ0) is 25.8. The average molecular weight is 526 g/mol. The summed E-state index contributed by atoms with van der Waals surface area (Å²) >= 11 is 3.16. The molecule has 1 aliphatic heterocycles. The number of ether oxygens (including phenoxy) is 1. The molecule has 0 atom stereocenters. The van der Waals surface area contributed by atoms with Crippen molar-refractivity contribution < 1.29 is 13.9 Å². The number of rotatable bonds is 6. The van der Waals surface area contributed by atoms with Gasteiger partial charge in [0.05, 0.1) is 20.6 Å². The molecule has 0 aliphatic carbocycles. The van der Waals surface area contributed by atoms with E-state index >= 15 is 0 Å².